The molecule has 3 heteroatoms. The standard InChI is InChI=1S/C9H14N2O/c1-8-3-2-4-9(11-8)7-12-6-5-10/h2-4H,5-7,10H2,1H3. The molecule has 66 valence electrons. The molecule has 0 atom stereocenters. The van der Waals surface area contributed by atoms with Gasteiger partial charge in [0.25, 0.3) is 0 Å². The quantitative estimate of drug-likeness (QED) is 0.675. The number of pyridine rings is 1. The van der Waals surface area contributed by atoms with E-state index in [0.29, 0.717) is 19.8 Å². The van der Waals surface area contributed by atoms with Crippen LogP contribution in [-0.4, -0.2) is 18.1 Å². The summed E-state index contributed by atoms with van der Waals surface area (Å²) in [6, 6.07) is 5.89. The van der Waals surface area contributed by atoms with Crippen molar-refractivity contribution in [1.82, 2.24) is 4.98 Å². The van der Waals surface area contributed by atoms with Gasteiger partial charge in [0.2, 0.25) is 0 Å². The molecular weight excluding hydrogens is 152 g/mol. The van der Waals surface area contributed by atoms with Gasteiger partial charge < -0.3 is 10.5 Å². The number of nitrogens with zero attached hydrogens (tertiary/aromatic N) is 1. The van der Waals surface area contributed by atoms with Gasteiger partial charge in [-0.15, -0.1) is 0 Å². The molecule has 0 spiro atoms. The summed E-state index contributed by atoms with van der Waals surface area (Å²) in [5.74, 6) is 0. The molecule has 12 heavy (non-hydrogen) atoms. The summed E-state index contributed by atoms with van der Waals surface area (Å²) in [5.41, 5.74) is 7.26. The first-order valence-electron chi connectivity index (χ1n) is 4.03. The molecule has 0 saturated carbocycles. The van der Waals surface area contributed by atoms with Crippen molar-refractivity contribution in [3.8, 4) is 0 Å². The van der Waals surface area contributed by atoms with E-state index in [9.17, 15) is 0 Å². The summed E-state index contributed by atoms with van der Waals surface area (Å²) in [6.07, 6.45) is 0. The maximum Gasteiger partial charge on any atom is 0.0888 e. The lowest BCUT2D eigenvalue weighted by atomic mass is 10.3. The first-order valence-corrected chi connectivity index (χ1v) is 4.03. The number of ether oxygens (including phenoxy) is 1. The van der Waals surface area contributed by atoms with E-state index in [0.717, 1.165) is 11.4 Å². The Kier molecular flexibility index (Phi) is 3.70. The van der Waals surface area contributed by atoms with Gasteiger partial charge in [-0.05, 0) is 19.1 Å². The molecule has 0 unspecified atom stereocenters. The molecule has 0 saturated heterocycles. The molecule has 0 bridgehead atoms. The van der Waals surface area contributed by atoms with Gasteiger partial charge in [0.1, 0.15) is 0 Å². The predicted octanol–water partition coefficient (Wildman–Crippen LogP) is 0.865. The van der Waals surface area contributed by atoms with Crippen LogP contribution in [0.4, 0.5) is 0 Å². The van der Waals surface area contributed by atoms with Gasteiger partial charge in [-0.1, -0.05) is 6.07 Å². The number of aromatic nitrogens is 1. The molecule has 0 amide bonds. The van der Waals surface area contributed by atoms with Crippen LogP contribution in [-0.2, 0) is 11.3 Å². The molecule has 2 N–H and O–H groups in total. The maximum atomic E-state index is 5.28. The molecule has 0 aliphatic heterocycles. The minimum absolute atomic E-state index is 0.554. The van der Waals surface area contributed by atoms with Gasteiger partial charge in [0.15, 0.2) is 0 Å². The molecule has 3 nitrogen and oxygen atoms in total. The zero-order chi connectivity index (χ0) is 8.81. The number of nitrogens with two attached hydrogens (primary N) is 1. The Hall–Kier alpha value is -0.930. The lowest BCUT2D eigenvalue weighted by molar-refractivity contribution is 0.125. The minimum atomic E-state index is 0.554. The molecule has 1 aromatic rings. The van der Waals surface area contributed by atoms with Crippen LogP contribution < -0.4 is 5.73 Å². The predicted molar refractivity (Wildman–Crippen MR) is 47.7 cm³/mol. The third-order valence-electron chi connectivity index (χ3n) is 1.46. The SMILES string of the molecule is Cc1cccc(COCCN)n1. The molecule has 0 aliphatic rings. The fraction of sp³-hybridized carbons (Fsp3) is 0.444. The van der Waals surface area contributed by atoms with Gasteiger partial charge in [0.05, 0.1) is 18.9 Å². The van der Waals surface area contributed by atoms with E-state index in [2.05, 4.69) is 4.98 Å². The maximum absolute atomic E-state index is 5.28. The molecule has 1 aromatic heterocycles. The molecule has 1 rings (SSSR count). The van der Waals surface area contributed by atoms with Gasteiger partial charge in [-0.25, -0.2) is 0 Å². The summed E-state index contributed by atoms with van der Waals surface area (Å²) in [4.78, 5) is 4.28. The van der Waals surface area contributed by atoms with Gasteiger partial charge in [-0.2, -0.15) is 0 Å². The highest BCUT2D eigenvalue weighted by atomic mass is 16.5. The average molecular weight is 166 g/mol. The molecule has 0 radical (unpaired) electrons. The van der Waals surface area contributed by atoms with Gasteiger partial charge in [0, 0.05) is 12.2 Å². The van der Waals surface area contributed by atoms with E-state index >= 15 is 0 Å². The second-order valence-corrected chi connectivity index (χ2v) is 2.61. The fourth-order valence-corrected chi connectivity index (χ4v) is 0.940. The summed E-state index contributed by atoms with van der Waals surface area (Å²) in [6.45, 7) is 3.67. The normalized spacial score (nSPS) is 10.2. The number of hydrogen-bond donors (Lipinski definition) is 1. The zero-order valence-corrected chi connectivity index (χ0v) is 7.29. The van der Waals surface area contributed by atoms with Crippen LogP contribution in [0.5, 0.6) is 0 Å². The average Bonchev–Trinajstić information content (AvgIpc) is 2.05. The monoisotopic (exact) mass is 166 g/mol. The lowest BCUT2D eigenvalue weighted by Gasteiger charge is -2.01. The van der Waals surface area contributed by atoms with E-state index in [1.807, 2.05) is 25.1 Å². The van der Waals surface area contributed by atoms with E-state index < -0.39 is 0 Å². The van der Waals surface area contributed by atoms with E-state index in [4.69, 9.17) is 10.5 Å². The van der Waals surface area contributed by atoms with Crippen LogP contribution in [0.15, 0.2) is 18.2 Å². The highest BCUT2D eigenvalue weighted by Crippen LogP contribution is 1.99. The van der Waals surface area contributed by atoms with Gasteiger partial charge >= 0.3 is 0 Å². The van der Waals surface area contributed by atoms with Gasteiger partial charge in [-0.3, -0.25) is 4.98 Å². The fourth-order valence-electron chi connectivity index (χ4n) is 0.940. The highest BCUT2D eigenvalue weighted by molar-refractivity contribution is 5.08. The second kappa shape index (κ2) is 4.85. The highest BCUT2D eigenvalue weighted by Gasteiger charge is 1.93. The van der Waals surface area contributed by atoms with E-state index in [1.165, 1.54) is 0 Å². The van der Waals surface area contributed by atoms with Crippen LogP contribution in [0.1, 0.15) is 11.4 Å². The van der Waals surface area contributed by atoms with Crippen molar-refractivity contribution in [2.45, 2.75) is 13.5 Å². The Bertz CT molecular complexity index is 238. The summed E-state index contributed by atoms with van der Waals surface area (Å²) >= 11 is 0. The Labute approximate surface area is 72.6 Å². The van der Waals surface area contributed by atoms with Crippen molar-refractivity contribution in [3.63, 3.8) is 0 Å². The van der Waals surface area contributed by atoms with Crippen LogP contribution in [0.25, 0.3) is 0 Å². The van der Waals surface area contributed by atoms with Crippen molar-refractivity contribution < 1.29 is 4.74 Å². The Balaban J connectivity index is 2.41. The largest absolute Gasteiger partial charge is 0.374 e. The molecule has 0 aliphatic carbocycles. The van der Waals surface area contributed by atoms with E-state index in [-0.39, 0.29) is 0 Å². The van der Waals surface area contributed by atoms with Crippen molar-refractivity contribution in [3.05, 3.63) is 29.6 Å². The molecule has 1 heterocycles. The van der Waals surface area contributed by atoms with Crippen molar-refractivity contribution in [2.75, 3.05) is 13.2 Å². The lowest BCUT2D eigenvalue weighted by Crippen LogP contribution is -2.08. The summed E-state index contributed by atoms with van der Waals surface area (Å²) < 4.78 is 5.24. The van der Waals surface area contributed by atoms with Crippen LogP contribution >= 0.6 is 0 Å². The smallest absolute Gasteiger partial charge is 0.0888 e. The zero-order valence-electron chi connectivity index (χ0n) is 7.29. The first kappa shape index (κ1) is 9.16. The second-order valence-electron chi connectivity index (χ2n) is 2.61. The van der Waals surface area contributed by atoms with Crippen molar-refractivity contribution in [2.24, 2.45) is 5.73 Å². The topological polar surface area (TPSA) is 48.1 Å². The third kappa shape index (κ3) is 2.98. The third-order valence-corrected chi connectivity index (χ3v) is 1.46. The summed E-state index contributed by atoms with van der Waals surface area (Å²) in [5, 5.41) is 0. The van der Waals surface area contributed by atoms with E-state index in [1.54, 1.807) is 0 Å². The molecular formula is C9H14N2O. The number of hydrogen-bond acceptors (Lipinski definition) is 3. The molecule has 0 fully saturated rings. The molecule has 0 aromatic carbocycles. The Morgan fingerprint density at radius 3 is 3.00 bits per heavy atom. The van der Waals surface area contributed by atoms with Crippen molar-refractivity contribution >= 4 is 0 Å². The van der Waals surface area contributed by atoms with Crippen LogP contribution in [0.2, 0.25) is 0 Å². The van der Waals surface area contributed by atoms with Crippen LogP contribution in [0.3, 0.4) is 0 Å². The summed E-state index contributed by atoms with van der Waals surface area (Å²) in [7, 11) is 0. The van der Waals surface area contributed by atoms with Crippen LogP contribution in [0, 0.1) is 6.92 Å². The minimum Gasteiger partial charge on any atom is -0.374 e. The number of rotatable bonds is 4. The number of aryl methyl sites for hydroxylation is 1. The van der Waals surface area contributed by atoms with Crippen molar-refractivity contribution in [1.29, 1.82) is 0 Å². The Morgan fingerprint density at radius 2 is 2.33 bits per heavy atom. The first-order chi connectivity index (χ1) is 5.83. The Morgan fingerprint density at radius 1 is 1.50 bits per heavy atom.